The van der Waals surface area contributed by atoms with E-state index in [-0.39, 0.29) is 30.8 Å². The first kappa shape index (κ1) is 20.8. The molecule has 1 aliphatic rings. The van der Waals surface area contributed by atoms with Crippen molar-refractivity contribution in [1.82, 2.24) is 10.6 Å². The fourth-order valence-electron chi connectivity index (χ4n) is 2.66. The summed E-state index contributed by atoms with van der Waals surface area (Å²) in [5.74, 6) is 1.84. The third kappa shape index (κ3) is 5.75. The Morgan fingerprint density at radius 3 is 2.70 bits per heavy atom. The second kappa shape index (κ2) is 10.0. The Hall–Kier alpha value is -2.49. The second-order valence-corrected chi connectivity index (χ2v) is 5.85. The molecule has 7 nitrogen and oxygen atoms in total. The van der Waals surface area contributed by atoms with Gasteiger partial charge < -0.3 is 25.8 Å². The van der Waals surface area contributed by atoms with Gasteiger partial charge in [0.15, 0.2) is 17.5 Å². The fourth-order valence-corrected chi connectivity index (χ4v) is 2.66. The Morgan fingerprint density at radius 2 is 1.93 bits per heavy atom. The van der Waals surface area contributed by atoms with Gasteiger partial charge in [-0.3, -0.25) is 9.79 Å². The molecule has 0 fully saturated rings. The van der Waals surface area contributed by atoms with Gasteiger partial charge in [-0.1, -0.05) is 18.2 Å². The van der Waals surface area contributed by atoms with Crippen LogP contribution in [0.1, 0.15) is 21.5 Å². The Labute approximate surface area is 175 Å². The molecule has 0 aliphatic carbocycles. The zero-order valence-corrected chi connectivity index (χ0v) is 17.4. The minimum absolute atomic E-state index is 0. The maximum atomic E-state index is 11.2. The highest BCUT2D eigenvalue weighted by molar-refractivity contribution is 14.0. The first-order valence-corrected chi connectivity index (χ1v) is 8.37. The van der Waals surface area contributed by atoms with Crippen LogP contribution in [0.15, 0.2) is 47.5 Å². The molecule has 1 amide bonds. The number of amides is 1. The van der Waals surface area contributed by atoms with Crippen molar-refractivity contribution >= 4 is 35.8 Å². The molecule has 1 aliphatic heterocycles. The lowest BCUT2D eigenvalue weighted by Gasteiger charge is -2.12. The van der Waals surface area contributed by atoms with Crippen LogP contribution in [0.3, 0.4) is 0 Å². The summed E-state index contributed by atoms with van der Waals surface area (Å²) >= 11 is 0. The van der Waals surface area contributed by atoms with E-state index in [1.807, 2.05) is 30.3 Å². The standard InChI is InChI=1S/C19H22N4O3.HI/c1-21-19(23-11-14-3-2-4-15(9-14)18(20)24)22-8-7-13-5-6-16-17(10-13)26-12-25-16;/h2-6,9-10H,7-8,11-12H2,1H3,(H2,20,24)(H2,21,22,23);1H. The lowest BCUT2D eigenvalue weighted by Crippen LogP contribution is -2.37. The summed E-state index contributed by atoms with van der Waals surface area (Å²) in [5, 5.41) is 6.49. The SMILES string of the molecule is CN=C(NCCc1ccc2c(c1)OCO2)NCc1cccc(C(N)=O)c1.I. The van der Waals surface area contributed by atoms with Crippen LogP contribution >= 0.6 is 24.0 Å². The van der Waals surface area contributed by atoms with Gasteiger partial charge in [0, 0.05) is 25.7 Å². The second-order valence-electron chi connectivity index (χ2n) is 5.85. The van der Waals surface area contributed by atoms with Gasteiger partial charge in [0.2, 0.25) is 12.7 Å². The quantitative estimate of drug-likeness (QED) is 0.333. The van der Waals surface area contributed by atoms with Gasteiger partial charge in [0.25, 0.3) is 0 Å². The lowest BCUT2D eigenvalue weighted by atomic mass is 10.1. The highest BCUT2D eigenvalue weighted by atomic mass is 127. The van der Waals surface area contributed by atoms with E-state index in [4.69, 9.17) is 15.2 Å². The first-order chi connectivity index (χ1) is 12.7. The molecule has 0 saturated carbocycles. The Kier molecular flexibility index (Phi) is 7.71. The van der Waals surface area contributed by atoms with E-state index in [2.05, 4.69) is 15.6 Å². The number of carbonyl (C=O) groups is 1. The number of guanidine groups is 1. The monoisotopic (exact) mass is 482 g/mol. The topological polar surface area (TPSA) is 98.0 Å². The van der Waals surface area contributed by atoms with Crippen molar-refractivity contribution in [2.75, 3.05) is 20.4 Å². The van der Waals surface area contributed by atoms with Crippen LogP contribution in [0.2, 0.25) is 0 Å². The highest BCUT2D eigenvalue weighted by Crippen LogP contribution is 2.32. The first-order valence-electron chi connectivity index (χ1n) is 8.37. The summed E-state index contributed by atoms with van der Waals surface area (Å²) in [4.78, 5) is 15.5. The van der Waals surface area contributed by atoms with Crippen molar-refractivity contribution in [3.05, 3.63) is 59.2 Å². The van der Waals surface area contributed by atoms with Crippen molar-refractivity contribution in [2.24, 2.45) is 10.7 Å². The van der Waals surface area contributed by atoms with Crippen LogP contribution in [0.5, 0.6) is 11.5 Å². The number of nitrogens with two attached hydrogens (primary N) is 1. The molecule has 8 heteroatoms. The summed E-state index contributed by atoms with van der Waals surface area (Å²) in [6.45, 7) is 1.55. The maximum Gasteiger partial charge on any atom is 0.248 e. The van der Waals surface area contributed by atoms with Gasteiger partial charge in [0.1, 0.15) is 0 Å². The van der Waals surface area contributed by atoms with Crippen molar-refractivity contribution in [1.29, 1.82) is 0 Å². The van der Waals surface area contributed by atoms with Gasteiger partial charge in [-0.15, -0.1) is 24.0 Å². The third-order valence-corrected chi connectivity index (χ3v) is 4.04. The normalized spacial score (nSPS) is 12.3. The van der Waals surface area contributed by atoms with Crippen LogP contribution < -0.4 is 25.8 Å². The summed E-state index contributed by atoms with van der Waals surface area (Å²) in [5.41, 5.74) is 7.92. The highest BCUT2D eigenvalue weighted by Gasteiger charge is 2.13. The van der Waals surface area contributed by atoms with Crippen LogP contribution in [0.25, 0.3) is 0 Å². The molecule has 0 radical (unpaired) electrons. The third-order valence-electron chi connectivity index (χ3n) is 4.04. The van der Waals surface area contributed by atoms with Gasteiger partial charge in [-0.2, -0.15) is 0 Å². The van der Waals surface area contributed by atoms with E-state index in [0.717, 1.165) is 35.6 Å². The summed E-state index contributed by atoms with van der Waals surface area (Å²) in [6.07, 6.45) is 0.828. The van der Waals surface area contributed by atoms with Crippen molar-refractivity contribution < 1.29 is 14.3 Å². The molecule has 0 atom stereocenters. The largest absolute Gasteiger partial charge is 0.454 e. The number of primary amides is 1. The van der Waals surface area contributed by atoms with Crippen molar-refractivity contribution in [2.45, 2.75) is 13.0 Å². The molecule has 0 bridgehead atoms. The number of benzene rings is 2. The summed E-state index contributed by atoms with van der Waals surface area (Å²) < 4.78 is 10.7. The average molecular weight is 482 g/mol. The molecule has 144 valence electrons. The average Bonchev–Trinajstić information content (AvgIpc) is 3.12. The molecule has 3 rings (SSSR count). The predicted molar refractivity (Wildman–Crippen MR) is 115 cm³/mol. The van der Waals surface area contributed by atoms with Crippen LogP contribution in [-0.2, 0) is 13.0 Å². The van der Waals surface area contributed by atoms with Gasteiger partial charge in [0.05, 0.1) is 0 Å². The van der Waals surface area contributed by atoms with E-state index < -0.39 is 5.91 Å². The Balaban J connectivity index is 0.00000261. The van der Waals surface area contributed by atoms with Gasteiger partial charge >= 0.3 is 0 Å². The number of hydrogen-bond acceptors (Lipinski definition) is 4. The molecule has 4 N–H and O–H groups in total. The predicted octanol–water partition coefficient (Wildman–Crippen LogP) is 2.04. The van der Waals surface area contributed by atoms with E-state index >= 15 is 0 Å². The number of ether oxygens (including phenoxy) is 2. The molecular weight excluding hydrogens is 459 g/mol. The van der Waals surface area contributed by atoms with Crippen LogP contribution in [0.4, 0.5) is 0 Å². The number of nitrogens with one attached hydrogen (secondary N) is 2. The Bertz CT molecular complexity index is 826. The number of fused-ring (bicyclic) bond motifs is 1. The van der Waals surface area contributed by atoms with Crippen LogP contribution in [0, 0.1) is 0 Å². The van der Waals surface area contributed by atoms with Crippen molar-refractivity contribution in [3.63, 3.8) is 0 Å². The molecule has 0 saturated heterocycles. The van der Waals surface area contributed by atoms with Gasteiger partial charge in [-0.05, 0) is 41.8 Å². The lowest BCUT2D eigenvalue weighted by molar-refractivity contribution is 0.1000. The fraction of sp³-hybridized carbons (Fsp3) is 0.263. The number of halogens is 1. The smallest absolute Gasteiger partial charge is 0.248 e. The molecule has 0 spiro atoms. The van der Waals surface area contributed by atoms with E-state index in [0.29, 0.717) is 18.1 Å². The minimum Gasteiger partial charge on any atom is -0.454 e. The maximum absolute atomic E-state index is 11.2. The number of aliphatic imine (C=N–C) groups is 1. The van der Waals surface area contributed by atoms with E-state index in [1.54, 1.807) is 19.2 Å². The molecule has 27 heavy (non-hydrogen) atoms. The summed E-state index contributed by atoms with van der Waals surface area (Å²) in [7, 11) is 1.72. The zero-order valence-electron chi connectivity index (χ0n) is 15.0. The number of nitrogens with zero attached hydrogens (tertiary/aromatic N) is 1. The zero-order chi connectivity index (χ0) is 18.4. The molecule has 1 heterocycles. The molecule has 0 aromatic heterocycles. The van der Waals surface area contributed by atoms with Crippen molar-refractivity contribution in [3.8, 4) is 11.5 Å². The van der Waals surface area contributed by atoms with E-state index in [9.17, 15) is 4.79 Å². The minimum atomic E-state index is -0.432. The number of carbonyl (C=O) groups excluding carboxylic acids is 1. The molecular formula is C19H23IN4O3. The Morgan fingerprint density at radius 1 is 1.11 bits per heavy atom. The molecule has 2 aromatic carbocycles. The molecule has 0 unspecified atom stereocenters. The molecule has 2 aromatic rings. The van der Waals surface area contributed by atoms with E-state index in [1.165, 1.54) is 0 Å². The van der Waals surface area contributed by atoms with Crippen LogP contribution in [-0.4, -0.2) is 32.3 Å². The number of hydrogen-bond donors (Lipinski definition) is 3. The number of rotatable bonds is 6. The summed E-state index contributed by atoms with van der Waals surface area (Å²) in [6, 6.07) is 13.2. The van der Waals surface area contributed by atoms with Gasteiger partial charge in [-0.25, -0.2) is 0 Å².